The highest BCUT2D eigenvalue weighted by Crippen LogP contribution is 2.29. The highest BCUT2D eigenvalue weighted by atomic mass is 16.1. The lowest BCUT2D eigenvalue weighted by Crippen LogP contribution is -2.25. The standard InChI is InChI=1S/C20H28N4O/c1-5-6-7-12-21-19(25)17-11-13-22-20(23-17)24-18-15(4)9-8-10-16(18)14(2)3/h8-11,13-14H,5-7,12H2,1-4H3,(H,21,25)(H,22,23,24). The summed E-state index contributed by atoms with van der Waals surface area (Å²) in [5, 5.41) is 6.20. The molecule has 0 aliphatic carbocycles. The van der Waals surface area contributed by atoms with Gasteiger partial charge < -0.3 is 10.6 Å². The van der Waals surface area contributed by atoms with Gasteiger partial charge in [-0.25, -0.2) is 9.97 Å². The molecule has 1 aromatic carbocycles. The van der Waals surface area contributed by atoms with Gasteiger partial charge >= 0.3 is 0 Å². The van der Waals surface area contributed by atoms with Crippen LogP contribution in [0.2, 0.25) is 0 Å². The smallest absolute Gasteiger partial charge is 0.270 e. The van der Waals surface area contributed by atoms with Crippen LogP contribution in [0.3, 0.4) is 0 Å². The van der Waals surface area contributed by atoms with Gasteiger partial charge in [0, 0.05) is 18.4 Å². The summed E-state index contributed by atoms with van der Waals surface area (Å²) in [7, 11) is 0. The molecular formula is C20H28N4O. The van der Waals surface area contributed by atoms with Crippen LogP contribution < -0.4 is 10.6 Å². The van der Waals surface area contributed by atoms with Gasteiger partial charge in [0.1, 0.15) is 5.69 Å². The van der Waals surface area contributed by atoms with E-state index in [0.29, 0.717) is 24.1 Å². The number of nitrogens with zero attached hydrogens (tertiary/aromatic N) is 2. The molecule has 0 unspecified atom stereocenters. The Balaban J connectivity index is 2.13. The van der Waals surface area contributed by atoms with Crippen LogP contribution in [0.25, 0.3) is 0 Å². The van der Waals surface area contributed by atoms with Crippen LogP contribution in [0.1, 0.15) is 67.6 Å². The number of benzene rings is 1. The molecule has 5 heteroatoms. The molecule has 2 rings (SSSR count). The predicted octanol–water partition coefficient (Wildman–Crippen LogP) is 4.57. The molecule has 0 fully saturated rings. The third-order valence-corrected chi connectivity index (χ3v) is 4.12. The van der Waals surface area contributed by atoms with E-state index < -0.39 is 0 Å². The zero-order chi connectivity index (χ0) is 18.2. The molecular weight excluding hydrogens is 312 g/mol. The number of hydrogen-bond acceptors (Lipinski definition) is 4. The molecule has 134 valence electrons. The fourth-order valence-electron chi connectivity index (χ4n) is 2.67. The first-order valence-electron chi connectivity index (χ1n) is 9.00. The molecule has 0 radical (unpaired) electrons. The van der Waals surface area contributed by atoms with Crippen LogP contribution in [0.4, 0.5) is 11.6 Å². The van der Waals surface area contributed by atoms with Gasteiger partial charge in [-0.3, -0.25) is 4.79 Å². The van der Waals surface area contributed by atoms with Crippen molar-refractivity contribution in [2.45, 2.75) is 52.9 Å². The summed E-state index contributed by atoms with van der Waals surface area (Å²) >= 11 is 0. The van der Waals surface area contributed by atoms with Crippen LogP contribution in [-0.4, -0.2) is 22.4 Å². The summed E-state index contributed by atoms with van der Waals surface area (Å²) in [5.74, 6) is 0.667. The van der Waals surface area contributed by atoms with Gasteiger partial charge in [-0.1, -0.05) is 51.8 Å². The zero-order valence-electron chi connectivity index (χ0n) is 15.6. The highest BCUT2D eigenvalue weighted by molar-refractivity contribution is 5.92. The number of carbonyl (C=O) groups excluding carboxylic acids is 1. The minimum absolute atomic E-state index is 0.157. The first-order valence-corrected chi connectivity index (χ1v) is 9.00. The van der Waals surface area contributed by atoms with Gasteiger partial charge in [-0.15, -0.1) is 0 Å². The Morgan fingerprint density at radius 3 is 2.72 bits per heavy atom. The minimum atomic E-state index is -0.157. The van der Waals surface area contributed by atoms with Crippen molar-refractivity contribution in [3.8, 4) is 0 Å². The van der Waals surface area contributed by atoms with Crippen molar-refractivity contribution < 1.29 is 4.79 Å². The molecule has 2 N–H and O–H groups in total. The van der Waals surface area contributed by atoms with Crippen molar-refractivity contribution in [3.05, 3.63) is 47.3 Å². The summed E-state index contributed by atoms with van der Waals surface area (Å²) in [4.78, 5) is 20.9. The molecule has 1 amide bonds. The third-order valence-electron chi connectivity index (χ3n) is 4.12. The van der Waals surface area contributed by atoms with Crippen molar-refractivity contribution >= 4 is 17.5 Å². The van der Waals surface area contributed by atoms with Gasteiger partial charge in [-0.2, -0.15) is 0 Å². The first kappa shape index (κ1) is 18.9. The van der Waals surface area contributed by atoms with E-state index in [2.05, 4.69) is 66.5 Å². The van der Waals surface area contributed by atoms with Crippen LogP contribution >= 0.6 is 0 Å². The minimum Gasteiger partial charge on any atom is -0.351 e. The number of aryl methyl sites for hydroxylation is 1. The predicted molar refractivity (Wildman–Crippen MR) is 102 cm³/mol. The Morgan fingerprint density at radius 1 is 1.20 bits per heavy atom. The highest BCUT2D eigenvalue weighted by Gasteiger charge is 2.12. The van der Waals surface area contributed by atoms with Crippen LogP contribution in [-0.2, 0) is 0 Å². The molecule has 1 aromatic heterocycles. The zero-order valence-corrected chi connectivity index (χ0v) is 15.6. The molecule has 5 nitrogen and oxygen atoms in total. The number of carbonyl (C=O) groups is 1. The van der Waals surface area contributed by atoms with E-state index in [4.69, 9.17) is 0 Å². The van der Waals surface area contributed by atoms with E-state index >= 15 is 0 Å². The Hall–Kier alpha value is -2.43. The van der Waals surface area contributed by atoms with E-state index in [0.717, 1.165) is 30.5 Å². The fourth-order valence-corrected chi connectivity index (χ4v) is 2.67. The molecule has 0 aliphatic heterocycles. The summed E-state index contributed by atoms with van der Waals surface area (Å²) in [6, 6.07) is 7.85. The average molecular weight is 340 g/mol. The Bertz CT molecular complexity index is 713. The van der Waals surface area contributed by atoms with Crippen molar-refractivity contribution in [2.24, 2.45) is 0 Å². The number of amides is 1. The van der Waals surface area contributed by atoms with E-state index in [1.807, 2.05) is 0 Å². The number of hydrogen-bond donors (Lipinski definition) is 2. The van der Waals surface area contributed by atoms with Crippen LogP contribution in [0.15, 0.2) is 30.5 Å². The van der Waals surface area contributed by atoms with Crippen molar-refractivity contribution in [3.63, 3.8) is 0 Å². The van der Waals surface area contributed by atoms with Crippen molar-refractivity contribution in [1.29, 1.82) is 0 Å². The third kappa shape index (κ3) is 5.28. The number of unbranched alkanes of at least 4 members (excludes halogenated alkanes) is 2. The first-order chi connectivity index (χ1) is 12.0. The second-order valence-corrected chi connectivity index (χ2v) is 6.55. The Labute approximate surface area is 150 Å². The molecule has 1 heterocycles. The molecule has 0 aliphatic rings. The molecule has 0 saturated heterocycles. The topological polar surface area (TPSA) is 66.9 Å². The number of anilines is 2. The normalized spacial score (nSPS) is 10.8. The monoisotopic (exact) mass is 340 g/mol. The Kier molecular flexibility index (Phi) is 6.92. The number of rotatable bonds is 8. The number of para-hydroxylation sites is 1. The summed E-state index contributed by atoms with van der Waals surface area (Å²) in [6.45, 7) is 9.18. The van der Waals surface area contributed by atoms with Crippen molar-refractivity contribution in [1.82, 2.24) is 15.3 Å². The number of aromatic nitrogens is 2. The fraction of sp³-hybridized carbons (Fsp3) is 0.450. The van der Waals surface area contributed by atoms with E-state index in [1.165, 1.54) is 5.56 Å². The maximum absolute atomic E-state index is 12.2. The lowest BCUT2D eigenvalue weighted by Gasteiger charge is -2.16. The molecule has 0 saturated carbocycles. The Morgan fingerprint density at radius 2 is 2.00 bits per heavy atom. The second kappa shape index (κ2) is 9.16. The summed E-state index contributed by atoms with van der Waals surface area (Å²) in [6.07, 6.45) is 4.84. The van der Waals surface area contributed by atoms with Gasteiger partial charge in [-0.05, 0) is 36.5 Å². The largest absolute Gasteiger partial charge is 0.351 e. The van der Waals surface area contributed by atoms with E-state index in [1.54, 1.807) is 12.3 Å². The van der Waals surface area contributed by atoms with Crippen LogP contribution in [0.5, 0.6) is 0 Å². The average Bonchev–Trinajstić information content (AvgIpc) is 2.60. The summed E-state index contributed by atoms with van der Waals surface area (Å²) in [5.41, 5.74) is 3.73. The second-order valence-electron chi connectivity index (χ2n) is 6.55. The molecule has 0 atom stereocenters. The van der Waals surface area contributed by atoms with Gasteiger partial charge in [0.2, 0.25) is 5.95 Å². The molecule has 0 bridgehead atoms. The van der Waals surface area contributed by atoms with Gasteiger partial charge in [0.05, 0.1) is 0 Å². The van der Waals surface area contributed by atoms with E-state index in [-0.39, 0.29) is 5.91 Å². The van der Waals surface area contributed by atoms with Crippen molar-refractivity contribution in [2.75, 3.05) is 11.9 Å². The quantitative estimate of drug-likeness (QED) is 0.691. The lowest BCUT2D eigenvalue weighted by atomic mass is 9.98. The lowest BCUT2D eigenvalue weighted by molar-refractivity contribution is 0.0948. The SMILES string of the molecule is CCCCCNC(=O)c1ccnc(Nc2c(C)cccc2C(C)C)n1. The van der Waals surface area contributed by atoms with E-state index in [9.17, 15) is 4.79 Å². The number of nitrogens with one attached hydrogen (secondary N) is 2. The maximum Gasteiger partial charge on any atom is 0.270 e. The van der Waals surface area contributed by atoms with Crippen LogP contribution in [0, 0.1) is 6.92 Å². The van der Waals surface area contributed by atoms with Gasteiger partial charge in [0.15, 0.2) is 0 Å². The maximum atomic E-state index is 12.2. The summed E-state index contributed by atoms with van der Waals surface area (Å²) < 4.78 is 0. The molecule has 25 heavy (non-hydrogen) atoms. The van der Waals surface area contributed by atoms with Gasteiger partial charge in [0.25, 0.3) is 5.91 Å². The molecule has 0 spiro atoms. The molecule has 2 aromatic rings.